The number of ether oxygens (including phenoxy) is 1. The molecule has 0 aliphatic carbocycles. The molecule has 8 heteroatoms. The Hall–Kier alpha value is -3.13. The van der Waals surface area contributed by atoms with Gasteiger partial charge in [0.1, 0.15) is 12.3 Å². The zero-order valence-electron chi connectivity index (χ0n) is 16.0. The van der Waals surface area contributed by atoms with Crippen molar-refractivity contribution in [2.75, 3.05) is 11.9 Å². The number of anilines is 1. The molecule has 1 amide bonds. The van der Waals surface area contributed by atoms with Gasteiger partial charge in [0.25, 0.3) is 0 Å². The maximum Gasteiger partial charge on any atom is 0.320 e. The second-order valence-corrected chi connectivity index (χ2v) is 7.22. The van der Waals surface area contributed by atoms with E-state index in [1.54, 1.807) is 30.3 Å². The predicted molar refractivity (Wildman–Crippen MR) is 115 cm³/mol. The maximum atomic E-state index is 12.5. The Labute approximate surface area is 175 Å². The van der Waals surface area contributed by atoms with Crippen LogP contribution in [0.15, 0.2) is 68.9 Å². The molecule has 0 saturated heterocycles. The van der Waals surface area contributed by atoms with Crippen molar-refractivity contribution in [2.24, 2.45) is 0 Å². The van der Waals surface area contributed by atoms with E-state index in [9.17, 15) is 14.4 Å². The Bertz CT molecular complexity index is 1150. The average Bonchev–Trinajstić information content (AvgIpc) is 2.69. The van der Waals surface area contributed by atoms with Crippen LogP contribution in [0.25, 0.3) is 5.69 Å². The molecule has 7 nitrogen and oxygen atoms in total. The topological polar surface area (TPSA) is 82.3 Å². The summed E-state index contributed by atoms with van der Waals surface area (Å²) in [6.07, 6.45) is 2.89. The molecular weight excluding hydrogens is 438 g/mol. The highest BCUT2D eigenvalue weighted by Crippen LogP contribution is 2.23. The average molecular weight is 458 g/mol. The quantitative estimate of drug-likeness (QED) is 0.576. The molecule has 1 heterocycles. The number of halogens is 1. The Morgan fingerprint density at radius 3 is 2.45 bits per heavy atom. The summed E-state index contributed by atoms with van der Waals surface area (Å²) in [5.74, 6) is 0.270. The Morgan fingerprint density at radius 2 is 1.79 bits per heavy atom. The fourth-order valence-corrected chi connectivity index (χ4v) is 3.36. The number of nitrogens with zero attached hydrogens (tertiary/aromatic N) is 2. The first kappa shape index (κ1) is 20.6. The van der Waals surface area contributed by atoms with E-state index in [0.29, 0.717) is 23.7 Å². The maximum absolute atomic E-state index is 12.5. The lowest BCUT2D eigenvalue weighted by Gasteiger charge is -2.11. The number of hydrogen-bond donors (Lipinski definition) is 1. The molecule has 3 rings (SSSR count). The molecule has 0 spiro atoms. The van der Waals surface area contributed by atoms with Crippen LogP contribution in [0.5, 0.6) is 5.75 Å². The van der Waals surface area contributed by atoms with Crippen LogP contribution in [0.4, 0.5) is 5.69 Å². The monoisotopic (exact) mass is 457 g/mol. The Morgan fingerprint density at radius 1 is 1.07 bits per heavy atom. The molecule has 0 atom stereocenters. The van der Waals surface area contributed by atoms with Gasteiger partial charge in [0.15, 0.2) is 0 Å². The van der Waals surface area contributed by atoms with Crippen molar-refractivity contribution in [1.29, 1.82) is 0 Å². The van der Waals surface area contributed by atoms with Crippen molar-refractivity contribution >= 4 is 27.5 Å². The molecule has 3 aromatic rings. The van der Waals surface area contributed by atoms with Gasteiger partial charge in [-0.2, -0.15) is 0 Å². The van der Waals surface area contributed by atoms with E-state index in [-0.39, 0.29) is 6.54 Å². The van der Waals surface area contributed by atoms with Crippen molar-refractivity contribution in [3.8, 4) is 11.4 Å². The largest absolute Gasteiger partial charge is 0.494 e. The fraction of sp³-hybridized carbons (Fsp3) is 0.190. The second-order valence-electron chi connectivity index (χ2n) is 6.36. The summed E-state index contributed by atoms with van der Waals surface area (Å²) >= 11 is 3.39. The van der Waals surface area contributed by atoms with Gasteiger partial charge in [0, 0.05) is 22.6 Å². The van der Waals surface area contributed by atoms with Crippen LogP contribution in [0, 0.1) is 6.92 Å². The Balaban J connectivity index is 1.79. The molecule has 2 aromatic carbocycles. The number of amides is 1. The summed E-state index contributed by atoms with van der Waals surface area (Å²) in [5, 5.41) is 2.73. The predicted octanol–water partition coefficient (Wildman–Crippen LogP) is 3.11. The van der Waals surface area contributed by atoms with E-state index < -0.39 is 17.0 Å². The number of aromatic nitrogens is 2. The number of carbonyl (C=O) groups excluding carboxylic acids is 1. The minimum Gasteiger partial charge on any atom is -0.494 e. The number of nitrogens with one attached hydrogen (secondary N) is 1. The van der Waals surface area contributed by atoms with E-state index in [1.165, 1.54) is 17.0 Å². The molecule has 0 bridgehead atoms. The van der Waals surface area contributed by atoms with Gasteiger partial charge in [0.05, 0.1) is 12.3 Å². The van der Waals surface area contributed by atoms with Gasteiger partial charge in [0.2, 0.25) is 5.91 Å². The van der Waals surface area contributed by atoms with E-state index in [0.717, 1.165) is 14.6 Å². The van der Waals surface area contributed by atoms with Gasteiger partial charge in [-0.15, -0.1) is 0 Å². The van der Waals surface area contributed by atoms with Crippen LogP contribution < -0.4 is 21.2 Å². The van der Waals surface area contributed by atoms with Crippen LogP contribution in [0.3, 0.4) is 0 Å². The van der Waals surface area contributed by atoms with Gasteiger partial charge in [-0.3, -0.25) is 23.5 Å². The molecule has 0 aliphatic heterocycles. The number of carbonyl (C=O) groups is 1. The first-order valence-corrected chi connectivity index (χ1v) is 9.79. The minimum absolute atomic E-state index is 0.265. The Kier molecular flexibility index (Phi) is 6.33. The third-order valence-electron chi connectivity index (χ3n) is 4.20. The SMILES string of the molecule is CCOc1ccc(-n2ccn(CC(=O)Nc3ccc(C)cc3Br)c(=O)c2=O)cc1. The second kappa shape index (κ2) is 8.91. The zero-order chi connectivity index (χ0) is 21.0. The standard InChI is InChI=1S/C21H20BrN3O4/c1-3-29-16-7-5-15(6-8-16)25-11-10-24(20(27)21(25)28)13-19(26)23-18-9-4-14(2)12-17(18)22/h4-12H,3,13H2,1-2H3,(H,23,26). The third kappa shape index (κ3) is 4.83. The summed E-state index contributed by atoms with van der Waals surface area (Å²) in [5.41, 5.74) is 0.664. The summed E-state index contributed by atoms with van der Waals surface area (Å²) < 4.78 is 8.44. The fourth-order valence-electron chi connectivity index (χ4n) is 2.77. The van der Waals surface area contributed by atoms with Crippen molar-refractivity contribution in [3.63, 3.8) is 0 Å². The first-order valence-electron chi connectivity index (χ1n) is 9.00. The molecule has 0 radical (unpaired) electrons. The highest BCUT2D eigenvalue weighted by molar-refractivity contribution is 9.10. The molecule has 0 aliphatic rings. The van der Waals surface area contributed by atoms with Gasteiger partial charge < -0.3 is 10.1 Å². The van der Waals surface area contributed by atoms with Gasteiger partial charge in [-0.1, -0.05) is 6.07 Å². The lowest BCUT2D eigenvalue weighted by atomic mass is 10.2. The van der Waals surface area contributed by atoms with Crippen molar-refractivity contribution < 1.29 is 9.53 Å². The third-order valence-corrected chi connectivity index (χ3v) is 4.85. The smallest absolute Gasteiger partial charge is 0.320 e. The van der Waals surface area contributed by atoms with Crippen molar-refractivity contribution in [3.05, 3.63) is 85.6 Å². The number of rotatable bonds is 6. The molecule has 29 heavy (non-hydrogen) atoms. The number of aryl methyl sites for hydroxylation is 1. The van der Waals surface area contributed by atoms with E-state index in [4.69, 9.17) is 4.74 Å². The first-order chi connectivity index (χ1) is 13.9. The molecule has 1 N–H and O–H groups in total. The van der Waals surface area contributed by atoms with Crippen LogP contribution in [-0.4, -0.2) is 21.6 Å². The normalized spacial score (nSPS) is 10.6. The lowest BCUT2D eigenvalue weighted by Crippen LogP contribution is -2.41. The van der Waals surface area contributed by atoms with Gasteiger partial charge in [-0.25, -0.2) is 0 Å². The number of benzene rings is 2. The van der Waals surface area contributed by atoms with Crippen LogP contribution in [0.2, 0.25) is 0 Å². The van der Waals surface area contributed by atoms with E-state index in [2.05, 4.69) is 21.2 Å². The summed E-state index contributed by atoms with van der Waals surface area (Å²) in [6.45, 7) is 4.09. The highest BCUT2D eigenvalue weighted by Gasteiger charge is 2.11. The van der Waals surface area contributed by atoms with Crippen LogP contribution in [-0.2, 0) is 11.3 Å². The lowest BCUT2D eigenvalue weighted by molar-refractivity contribution is -0.116. The molecule has 150 valence electrons. The van der Waals surface area contributed by atoms with Crippen LogP contribution in [0.1, 0.15) is 12.5 Å². The van der Waals surface area contributed by atoms with E-state index in [1.807, 2.05) is 26.0 Å². The highest BCUT2D eigenvalue weighted by atomic mass is 79.9. The molecular formula is C21H20BrN3O4. The van der Waals surface area contributed by atoms with E-state index >= 15 is 0 Å². The summed E-state index contributed by atoms with van der Waals surface area (Å²) in [7, 11) is 0. The van der Waals surface area contributed by atoms with Crippen molar-refractivity contribution in [2.45, 2.75) is 20.4 Å². The molecule has 1 aromatic heterocycles. The van der Waals surface area contributed by atoms with Gasteiger partial charge in [-0.05, 0) is 71.7 Å². The zero-order valence-corrected chi connectivity index (χ0v) is 17.6. The summed E-state index contributed by atoms with van der Waals surface area (Å²) in [6, 6.07) is 12.3. The number of hydrogen-bond acceptors (Lipinski definition) is 4. The van der Waals surface area contributed by atoms with Crippen molar-refractivity contribution in [1.82, 2.24) is 9.13 Å². The molecule has 0 saturated carbocycles. The summed E-state index contributed by atoms with van der Waals surface area (Å²) in [4.78, 5) is 37.3. The molecule has 0 fully saturated rings. The van der Waals surface area contributed by atoms with Crippen LogP contribution >= 0.6 is 15.9 Å². The molecule has 0 unspecified atom stereocenters. The minimum atomic E-state index is -0.778. The van der Waals surface area contributed by atoms with Gasteiger partial charge >= 0.3 is 11.1 Å².